The summed E-state index contributed by atoms with van der Waals surface area (Å²) in [6.07, 6.45) is 4.53. The third kappa shape index (κ3) is 1.94. The minimum atomic E-state index is -0.863. The molecule has 16 heavy (non-hydrogen) atoms. The first-order chi connectivity index (χ1) is 7.59. The highest BCUT2D eigenvalue weighted by Crippen LogP contribution is 2.23. The molecule has 1 aromatic rings. The van der Waals surface area contributed by atoms with Crippen LogP contribution in [-0.4, -0.2) is 55.9 Å². The van der Waals surface area contributed by atoms with Gasteiger partial charge < -0.3 is 14.8 Å². The van der Waals surface area contributed by atoms with Gasteiger partial charge in [-0.15, -0.1) is 0 Å². The average Bonchev–Trinajstić information content (AvgIpc) is 2.84. The van der Waals surface area contributed by atoms with Gasteiger partial charge in [-0.3, -0.25) is 9.69 Å². The van der Waals surface area contributed by atoms with E-state index in [1.165, 1.54) is 0 Å². The molecule has 6 nitrogen and oxygen atoms in total. The second-order valence-electron chi connectivity index (χ2n) is 4.11. The molecule has 6 heteroatoms. The fourth-order valence-corrected chi connectivity index (χ4v) is 2.03. The Bertz CT molecular complexity index is 365. The van der Waals surface area contributed by atoms with Crippen LogP contribution in [-0.2, 0) is 4.79 Å². The third-order valence-corrected chi connectivity index (χ3v) is 3.10. The molecule has 0 bridgehead atoms. The van der Waals surface area contributed by atoms with Crippen LogP contribution in [0.5, 0.6) is 0 Å². The number of hydrogen-bond donors (Lipinski definition) is 2. The first kappa shape index (κ1) is 11.1. The number of carboxylic acid groups (broad SMARTS) is 1. The predicted octanol–water partition coefficient (Wildman–Crippen LogP) is -0.426. The number of nitrogens with zero attached hydrogens (tertiary/aromatic N) is 3. The van der Waals surface area contributed by atoms with Crippen molar-refractivity contribution in [1.29, 1.82) is 0 Å². The van der Waals surface area contributed by atoms with Crippen LogP contribution in [0.1, 0.15) is 13.0 Å². The lowest BCUT2D eigenvalue weighted by atomic mass is 10.2. The highest BCUT2D eigenvalue weighted by molar-refractivity contribution is 5.72. The molecule has 1 aliphatic heterocycles. The molecule has 1 aromatic heterocycles. The minimum Gasteiger partial charge on any atom is -0.480 e. The van der Waals surface area contributed by atoms with Gasteiger partial charge in [-0.1, -0.05) is 0 Å². The van der Waals surface area contributed by atoms with Crippen molar-refractivity contribution in [3.63, 3.8) is 0 Å². The molecule has 3 atom stereocenters. The van der Waals surface area contributed by atoms with Crippen molar-refractivity contribution in [1.82, 2.24) is 14.5 Å². The summed E-state index contributed by atoms with van der Waals surface area (Å²) in [5.41, 5.74) is 0. The maximum Gasteiger partial charge on any atom is 0.320 e. The van der Waals surface area contributed by atoms with Crippen LogP contribution >= 0.6 is 0 Å². The van der Waals surface area contributed by atoms with Crippen molar-refractivity contribution in [2.75, 3.05) is 13.1 Å². The zero-order valence-electron chi connectivity index (χ0n) is 9.02. The molecular weight excluding hydrogens is 210 g/mol. The summed E-state index contributed by atoms with van der Waals surface area (Å²) in [5, 5.41) is 18.8. The number of carbonyl (C=O) groups is 1. The normalized spacial score (nSPS) is 28.1. The highest BCUT2D eigenvalue weighted by Gasteiger charge is 2.36. The summed E-state index contributed by atoms with van der Waals surface area (Å²) < 4.78 is 1.82. The number of β-amino-alcohol motifs (C(OH)–C–C–N with tert-alkyl or cyclic N) is 1. The van der Waals surface area contributed by atoms with E-state index in [-0.39, 0.29) is 6.04 Å². The lowest BCUT2D eigenvalue weighted by Gasteiger charge is -2.20. The van der Waals surface area contributed by atoms with Crippen LogP contribution in [0, 0.1) is 0 Å². The Hall–Kier alpha value is -1.40. The number of aromatic nitrogens is 2. The van der Waals surface area contributed by atoms with Gasteiger partial charge in [0.25, 0.3) is 0 Å². The number of rotatable bonds is 3. The summed E-state index contributed by atoms with van der Waals surface area (Å²) in [4.78, 5) is 16.5. The summed E-state index contributed by atoms with van der Waals surface area (Å²) in [6.45, 7) is 2.55. The van der Waals surface area contributed by atoms with Crippen molar-refractivity contribution >= 4 is 5.97 Å². The summed E-state index contributed by atoms with van der Waals surface area (Å²) in [6, 6.07) is -0.674. The fourth-order valence-electron chi connectivity index (χ4n) is 2.03. The van der Waals surface area contributed by atoms with Crippen molar-refractivity contribution in [2.45, 2.75) is 25.1 Å². The number of imidazole rings is 1. The Kier molecular flexibility index (Phi) is 2.93. The van der Waals surface area contributed by atoms with Gasteiger partial charge in [-0.05, 0) is 6.92 Å². The smallest absolute Gasteiger partial charge is 0.320 e. The Morgan fingerprint density at radius 1 is 1.56 bits per heavy atom. The van der Waals surface area contributed by atoms with E-state index in [4.69, 9.17) is 5.11 Å². The Labute approximate surface area is 93.1 Å². The minimum absolute atomic E-state index is 0.107. The topological polar surface area (TPSA) is 78.6 Å². The maximum atomic E-state index is 10.8. The molecule has 0 spiro atoms. The molecular formula is C10H15N3O3. The van der Waals surface area contributed by atoms with Crippen LogP contribution < -0.4 is 0 Å². The van der Waals surface area contributed by atoms with E-state index in [0.717, 1.165) is 0 Å². The van der Waals surface area contributed by atoms with Crippen LogP contribution in [0.15, 0.2) is 18.7 Å². The molecule has 2 rings (SSSR count). The number of carboxylic acids is 1. The van der Waals surface area contributed by atoms with Crippen molar-refractivity contribution in [2.24, 2.45) is 0 Å². The molecule has 88 valence electrons. The van der Waals surface area contributed by atoms with E-state index in [9.17, 15) is 9.90 Å². The summed E-state index contributed by atoms with van der Waals surface area (Å²) in [7, 11) is 0. The number of likely N-dealkylation sites (tertiary alicyclic amines) is 1. The number of aliphatic hydroxyl groups excluding tert-OH is 1. The fraction of sp³-hybridized carbons (Fsp3) is 0.600. The second-order valence-corrected chi connectivity index (χ2v) is 4.11. The van der Waals surface area contributed by atoms with E-state index in [1.54, 1.807) is 30.5 Å². The zero-order chi connectivity index (χ0) is 11.7. The molecule has 0 amide bonds. The van der Waals surface area contributed by atoms with E-state index < -0.39 is 18.1 Å². The van der Waals surface area contributed by atoms with Crippen LogP contribution in [0.25, 0.3) is 0 Å². The van der Waals surface area contributed by atoms with Gasteiger partial charge in [0.15, 0.2) is 0 Å². The first-order valence-electron chi connectivity index (χ1n) is 5.22. The molecule has 1 aliphatic rings. The molecule has 1 fully saturated rings. The quantitative estimate of drug-likeness (QED) is 0.730. The van der Waals surface area contributed by atoms with E-state index in [0.29, 0.717) is 13.1 Å². The van der Waals surface area contributed by atoms with Crippen LogP contribution in [0.3, 0.4) is 0 Å². The molecule has 3 unspecified atom stereocenters. The average molecular weight is 225 g/mol. The largest absolute Gasteiger partial charge is 0.480 e. The van der Waals surface area contributed by atoms with Crippen LogP contribution in [0.4, 0.5) is 0 Å². The Morgan fingerprint density at radius 3 is 2.88 bits per heavy atom. The number of aliphatic carboxylic acids is 1. The molecule has 0 aliphatic carbocycles. The lowest BCUT2D eigenvalue weighted by Crippen LogP contribution is -2.37. The van der Waals surface area contributed by atoms with Gasteiger partial charge in [0.1, 0.15) is 6.04 Å². The Balaban J connectivity index is 2.07. The summed E-state index contributed by atoms with van der Waals surface area (Å²) in [5.74, 6) is -0.863. The van der Waals surface area contributed by atoms with Gasteiger partial charge in [-0.2, -0.15) is 0 Å². The van der Waals surface area contributed by atoms with Crippen molar-refractivity contribution < 1.29 is 15.0 Å². The predicted molar refractivity (Wildman–Crippen MR) is 55.9 cm³/mol. The van der Waals surface area contributed by atoms with E-state index in [1.807, 2.05) is 4.57 Å². The van der Waals surface area contributed by atoms with Gasteiger partial charge in [-0.25, -0.2) is 4.98 Å². The van der Waals surface area contributed by atoms with Crippen molar-refractivity contribution in [3.05, 3.63) is 18.7 Å². The standard InChI is InChI=1S/C10H15N3O3/c1-7(10(15)16)13-4-8(9(14)5-13)12-3-2-11-6-12/h2-3,6-9,14H,4-5H2,1H3,(H,15,16). The monoisotopic (exact) mass is 225 g/mol. The van der Waals surface area contributed by atoms with Gasteiger partial charge in [0, 0.05) is 25.5 Å². The SMILES string of the molecule is CC(C(=O)O)N1CC(O)C(n2ccnc2)C1. The summed E-state index contributed by atoms with van der Waals surface area (Å²) >= 11 is 0. The number of aliphatic hydroxyl groups is 1. The van der Waals surface area contributed by atoms with Gasteiger partial charge >= 0.3 is 5.97 Å². The zero-order valence-corrected chi connectivity index (χ0v) is 9.02. The lowest BCUT2D eigenvalue weighted by molar-refractivity contribution is -0.142. The maximum absolute atomic E-state index is 10.8. The van der Waals surface area contributed by atoms with Crippen LogP contribution in [0.2, 0.25) is 0 Å². The molecule has 1 saturated heterocycles. The van der Waals surface area contributed by atoms with E-state index in [2.05, 4.69) is 4.98 Å². The molecule has 2 heterocycles. The van der Waals surface area contributed by atoms with Gasteiger partial charge in [0.05, 0.1) is 18.5 Å². The van der Waals surface area contributed by atoms with Gasteiger partial charge in [0.2, 0.25) is 0 Å². The third-order valence-electron chi connectivity index (χ3n) is 3.10. The highest BCUT2D eigenvalue weighted by atomic mass is 16.4. The molecule has 0 saturated carbocycles. The molecule has 2 N–H and O–H groups in total. The van der Waals surface area contributed by atoms with E-state index >= 15 is 0 Å². The van der Waals surface area contributed by atoms with Crippen molar-refractivity contribution in [3.8, 4) is 0 Å². The molecule has 0 aromatic carbocycles. The second kappa shape index (κ2) is 4.23. The number of hydrogen-bond acceptors (Lipinski definition) is 4. The molecule has 0 radical (unpaired) electrons. The first-order valence-corrected chi connectivity index (χ1v) is 5.22. The Morgan fingerprint density at radius 2 is 2.31 bits per heavy atom.